The van der Waals surface area contributed by atoms with Crippen molar-refractivity contribution >= 4 is 11.8 Å². The SMILES string of the molecule is O=C1c2ccccc2C(=O)N1Cc1ccc(OCC2CO2)cc1. The van der Waals surface area contributed by atoms with E-state index in [-0.39, 0.29) is 24.5 Å². The molecule has 0 N–H and O–H groups in total. The van der Waals surface area contributed by atoms with Crippen LogP contribution in [0.1, 0.15) is 26.3 Å². The zero-order valence-electron chi connectivity index (χ0n) is 12.4. The van der Waals surface area contributed by atoms with Gasteiger partial charge in [0.2, 0.25) is 0 Å². The van der Waals surface area contributed by atoms with Crippen LogP contribution in [-0.4, -0.2) is 36.0 Å². The fourth-order valence-electron chi connectivity index (χ4n) is 2.61. The molecule has 2 aromatic rings. The summed E-state index contributed by atoms with van der Waals surface area (Å²) in [6.07, 6.45) is 0.216. The highest BCUT2D eigenvalue weighted by molar-refractivity contribution is 6.21. The van der Waals surface area contributed by atoms with Crippen molar-refractivity contribution in [2.75, 3.05) is 13.2 Å². The van der Waals surface area contributed by atoms with Crippen molar-refractivity contribution in [1.82, 2.24) is 4.90 Å². The molecule has 1 unspecified atom stereocenters. The van der Waals surface area contributed by atoms with Crippen LogP contribution >= 0.6 is 0 Å². The van der Waals surface area contributed by atoms with Crippen molar-refractivity contribution < 1.29 is 19.1 Å². The quantitative estimate of drug-likeness (QED) is 0.628. The molecule has 0 bridgehead atoms. The molecule has 0 aromatic heterocycles. The lowest BCUT2D eigenvalue weighted by atomic mass is 10.1. The van der Waals surface area contributed by atoms with Gasteiger partial charge in [-0.1, -0.05) is 24.3 Å². The molecule has 2 amide bonds. The standard InChI is InChI=1S/C18H15NO4/c20-17-15-3-1-2-4-16(15)18(21)19(17)9-12-5-7-13(8-6-12)22-10-14-11-23-14/h1-8,14H,9-11H2. The number of amides is 2. The second kappa shape index (κ2) is 5.52. The molecule has 5 heteroatoms. The van der Waals surface area contributed by atoms with Crippen LogP contribution in [0.4, 0.5) is 0 Å². The number of nitrogens with zero attached hydrogens (tertiary/aromatic N) is 1. The van der Waals surface area contributed by atoms with E-state index in [0.717, 1.165) is 17.9 Å². The average Bonchev–Trinajstić information content (AvgIpc) is 3.38. The zero-order chi connectivity index (χ0) is 15.8. The Morgan fingerprint density at radius 2 is 1.61 bits per heavy atom. The van der Waals surface area contributed by atoms with Gasteiger partial charge >= 0.3 is 0 Å². The first-order valence-corrected chi connectivity index (χ1v) is 7.51. The molecule has 2 aromatic carbocycles. The Morgan fingerprint density at radius 3 is 2.17 bits per heavy atom. The first kappa shape index (κ1) is 14.0. The molecule has 4 rings (SSSR count). The highest BCUT2D eigenvalue weighted by Crippen LogP contribution is 2.25. The van der Waals surface area contributed by atoms with Gasteiger partial charge in [0.15, 0.2) is 0 Å². The Bertz CT molecular complexity index is 730. The molecule has 2 aliphatic heterocycles. The van der Waals surface area contributed by atoms with Crippen molar-refractivity contribution in [3.05, 3.63) is 65.2 Å². The van der Waals surface area contributed by atoms with Crippen molar-refractivity contribution in [1.29, 1.82) is 0 Å². The number of epoxide rings is 1. The molecule has 0 radical (unpaired) electrons. The molecule has 5 nitrogen and oxygen atoms in total. The summed E-state index contributed by atoms with van der Waals surface area (Å²) < 4.78 is 10.7. The molecule has 0 aliphatic carbocycles. The monoisotopic (exact) mass is 309 g/mol. The average molecular weight is 309 g/mol. The molecular weight excluding hydrogens is 294 g/mol. The van der Waals surface area contributed by atoms with E-state index in [9.17, 15) is 9.59 Å². The fraction of sp³-hybridized carbons (Fsp3) is 0.222. The van der Waals surface area contributed by atoms with Gasteiger partial charge in [-0.15, -0.1) is 0 Å². The number of rotatable bonds is 5. The Balaban J connectivity index is 1.46. The van der Waals surface area contributed by atoms with Crippen LogP contribution in [0.3, 0.4) is 0 Å². The summed E-state index contributed by atoms with van der Waals surface area (Å²) in [6.45, 7) is 1.58. The van der Waals surface area contributed by atoms with Crippen molar-refractivity contribution in [2.24, 2.45) is 0 Å². The van der Waals surface area contributed by atoms with E-state index in [1.165, 1.54) is 4.90 Å². The van der Waals surface area contributed by atoms with Crippen LogP contribution in [-0.2, 0) is 11.3 Å². The number of ether oxygens (including phenoxy) is 2. The number of hydrogen-bond donors (Lipinski definition) is 0. The first-order chi connectivity index (χ1) is 11.2. The predicted molar refractivity (Wildman–Crippen MR) is 82.3 cm³/mol. The topological polar surface area (TPSA) is 59.1 Å². The van der Waals surface area contributed by atoms with Gasteiger partial charge in [0.1, 0.15) is 18.5 Å². The maximum absolute atomic E-state index is 12.3. The summed E-state index contributed by atoms with van der Waals surface area (Å²) >= 11 is 0. The number of carbonyl (C=O) groups is 2. The summed E-state index contributed by atoms with van der Waals surface area (Å²) in [5, 5.41) is 0. The number of imide groups is 1. The highest BCUT2D eigenvalue weighted by atomic mass is 16.6. The van der Waals surface area contributed by atoms with E-state index in [2.05, 4.69) is 0 Å². The lowest BCUT2D eigenvalue weighted by Gasteiger charge is -2.14. The third-order valence-electron chi connectivity index (χ3n) is 3.98. The maximum atomic E-state index is 12.3. The third-order valence-corrected chi connectivity index (χ3v) is 3.98. The second-order valence-corrected chi connectivity index (χ2v) is 5.65. The van der Waals surface area contributed by atoms with Crippen molar-refractivity contribution in [3.8, 4) is 5.75 Å². The normalized spacial score (nSPS) is 19.0. The molecule has 0 spiro atoms. The summed E-state index contributed by atoms with van der Waals surface area (Å²) in [6, 6.07) is 14.3. The molecule has 0 saturated carbocycles. The van der Waals surface area contributed by atoms with Crippen LogP contribution in [0.2, 0.25) is 0 Å². The molecule has 2 heterocycles. The number of fused-ring (bicyclic) bond motifs is 1. The molecular formula is C18H15NO4. The van der Waals surface area contributed by atoms with Crippen molar-refractivity contribution in [3.63, 3.8) is 0 Å². The highest BCUT2D eigenvalue weighted by Gasteiger charge is 2.34. The smallest absolute Gasteiger partial charge is 0.261 e. The van der Waals surface area contributed by atoms with Gasteiger partial charge in [-0.3, -0.25) is 14.5 Å². The summed E-state index contributed by atoms with van der Waals surface area (Å²) in [5.41, 5.74) is 1.83. The minimum absolute atomic E-state index is 0.216. The Hall–Kier alpha value is -2.66. The van der Waals surface area contributed by atoms with Crippen molar-refractivity contribution in [2.45, 2.75) is 12.6 Å². The fourth-order valence-corrected chi connectivity index (χ4v) is 2.61. The zero-order valence-corrected chi connectivity index (χ0v) is 12.4. The molecule has 1 fully saturated rings. The lowest BCUT2D eigenvalue weighted by molar-refractivity contribution is 0.0642. The van der Waals surface area contributed by atoms with Gasteiger partial charge in [0.05, 0.1) is 24.3 Å². The van der Waals surface area contributed by atoms with Crippen LogP contribution in [0.25, 0.3) is 0 Å². The predicted octanol–water partition coefficient (Wildman–Crippen LogP) is 2.26. The molecule has 1 atom stereocenters. The minimum atomic E-state index is -0.239. The Morgan fingerprint density at radius 1 is 1.00 bits per heavy atom. The van der Waals surface area contributed by atoms with E-state index in [0.29, 0.717) is 17.7 Å². The van der Waals surface area contributed by atoms with Crippen LogP contribution in [0, 0.1) is 0 Å². The molecule has 23 heavy (non-hydrogen) atoms. The van der Waals surface area contributed by atoms with Gasteiger partial charge in [0, 0.05) is 0 Å². The molecule has 1 saturated heterocycles. The maximum Gasteiger partial charge on any atom is 0.261 e. The largest absolute Gasteiger partial charge is 0.491 e. The van der Waals surface area contributed by atoms with Gasteiger partial charge in [-0.2, -0.15) is 0 Å². The van der Waals surface area contributed by atoms with Gasteiger partial charge in [-0.25, -0.2) is 0 Å². The third kappa shape index (κ3) is 2.71. The van der Waals surface area contributed by atoms with E-state index in [4.69, 9.17) is 9.47 Å². The van der Waals surface area contributed by atoms with Crippen LogP contribution < -0.4 is 4.74 Å². The summed E-state index contributed by atoms with van der Waals surface area (Å²) in [4.78, 5) is 25.9. The Labute approximate surface area is 133 Å². The van der Waals surface area contributed by atoms with E-state index < -0.39 is 0 Å². The summed E-state index contributed by atoms with van der Waals surface area (Å²) in [5.74, 6) is 0.278. The lowest BCUT2D eigenvalue weighted by Crippen LogP contribution is -2.29. The number of hydrogen-bond acceptors (Lipinski definition) is 4. The summed E-state index contributed by atoms with van der Waals surface area (Å²) in [7, 11) is 0. The number of carbonyl (C=O) groups excluding carboxylic acids is 2. The second-order valence-electron chi connectivity index (χ2n) is 5.65. The first-order valence-electron chi connectivity index (χ1n) is 7.51. The van der Waals surface area contributed by atoms with Gasteiger partial charge in [-0.05, 0) is 29.8 Å². The van der Waals surface area contributed by atoms with E-state index in [1.807, 2.05) is 24.3 Å². The van der Waals surface area contributed by atoms with Gasteiger partial charge in [0.25, 0.3) is 11.8 Å². The van der Waals surface area contributed by atoms with Crippen LogP contribution in [0.15, 0.2) is 48.5 Å². The Kier molecular flexibility index (Phi) is 3.35. The molecule has 2 aliphatic rings. The van der Waals surface area contributed by atoms with Gasteiger partial charge < -0.3 is 9.47 Å². The minimum Gasteiger partial charge on any atom is -0.491 e. The molecule has 116 valence electrons. The van der Waals surface area contributed by atoms with Crippen LogP contribution in [0.5, 0.6) is 5.75 Å². The van der Waals surface area contributed by atoms with E-state index in [1.54, 1.807) is 24.3 Å². The van der Waals surface area contributed by atoms with E-state index >= 15 is 0 Å². The number of benzene rings is 2.